The molecule has 1 atom stereocenters. The van der Waals surface area contributed by atoms with Crippen LogP contribution in [0.5, 0.6) is 0 Å². The van der Waals surface area contributed by atoms with Crippen LogP contribution in [0.25, 0.3) is 0 Å². The topological polar surface area (TPSA) is 26.0 Å². The van der Waals surface area contributed by atoms with Gasteiger partial charge in [-0.1, -0.05) is 13.8 Å². The van der Waals surface area contributed by atoms with Gasteiger partial charge in [-0.15, -0.1) is 11.3 Å². The molecule has 0 bridgehead atoms. The number of hydrogen-bond acceptors (Lipinski definition) is 2. The molecule has 3 heteroatoms. The first-order valence-electron chi connectivity index (χ1n) is 4.00. The van der Waals surface area contributed by atoms with Crippen molar-refractivity contribution in [2.75, 3.05) is 0 Å². The summed E-state index contributed by atoms with van der Waals surface area (Å²) in [4.78, 5) is 1.30. The third-order valence-electron chi connectivity index (χ3n) is 2.82. The van der Waals surface area contributed by atoms with E-state index in [4.69, 9.17) is 5.73 Å². The molecule has 1 aliphatic carbocycles. The Bertz CT molecular complexity index is 318. The Balaban J connectivity index is 2.34. The molecule has 0 amide bonds. The summed E-state index contributed by atoms with van der Waals surface area (Å²) in [6, 6.07) is 4.20. The maximum absolute atomic E-state index is 6.25. The van der Waals surface area contributed by atoms with Gasteiger partial charge in [0.25, 0.3) is 0 Å². The first kappa shape index (κ1) is 8.73. The number of nitrogens with two attached hydrogens (primary N) is 1. The minimum atomic E-state index is -0.0519. The van der Waals surface area contributed by atoms with Crippen molar-refractivity contribution in [1.29, 1.82) is 0 Å². The average molecular weight is 246 g/mol. The van der Waals surface area contributed by atoms with Gasteiger partial charge in [0.05, 0.1) is 9.33 Å². The number of thiophene rings is 1. The molecule has 2 rings (SSSR count). The number of halogens is 1. The van der Waals surface area contributed by atoms with Crippen LogP contribution >= 0.6 is 27.3 Å². The van der Waals surface area contributed by atoms with E-state index in [0.29, 0.717) is 0 Å². The van der Waals surface area contributed by atoms with Gasteiger partial charge in [0.1, 0.15) is 0 Å². The second-order valence-electron chi connectivity index (χ2n) is 4.14. The highest BCUT2D eigenvalue weighted by molar-refractivity contribution is 9.11. The van der Waals surface area contributed by atoms with Gasteiger partial charge in [0, 0.05) is 4.88 Å². The van der Waals surface area contributed by atoms with Crippen molar-refractivity contribution in [3.8, 4) is 0 Å². The molecule has 1 heterocycles. The number of hydrogen-bond donors (Lipinski definition) is 1. The summed E-state index contributed by atoms with van der Waals surface area (Å²) in [5, 5.41) is 0. The van der Waals surface area contributed by atoms with E-state index < -0.39 is 0 Å². The van der Waals surface area contributed by atoms with Crippen molar-refractivity contribution in [1.82, 2.24) is 0 Å². The van der Waals surface area contributed by atoms with Crippen LogP contribution in [-0.4, -0.2) is 0 Å². The van der Waals surface area contributed by atoms with Gasteiger partial charge >= 0.3 is 0 Å². The monoisotopic (exact) mass is 245 g/mol. The third-order valence-corrected chi connectivity index (χ3v) is 4.62. The van der Waals surface area contributed by atoms with E-state index in [0.717, 1.165) is 6.42 Å². The van der Waals surface area contributed by atoms with Crippen LogP contribution in [0.2, 0.25) is 0 Å². The molecule has 1 aliphatic rings. The van der Waals surface area contributed by atoms with Crippen LogP contribution in [0.4, 0.5) is 0 Å². The Morgan fingerprint density at radius 2 is 2.08 bits per heavy atom. The smallest absolute Gasteiger partial charge is 0.0702 e. The van der Waals surface area contributed by atoms with Crippen LogP contribution < -0.4 is 5.73 Å². The molecule has 0 aromatic carbocycles. The predicted octanol–water partition coefficient (Wildman–Crippen LogP) is 3.09. The first-order valence-corrected chi connectivity index (χ1v) is 5.61. The zero-order valence-corrected chi connectivity index (χ0v) is 9.63. The quantitative estimate of drug-likeness (QED) is 0.809. The summed E-state index contributed by atoms with van der Waals surface area (Å²) in [6.45, 7) is 4.45. The van der Waals surface area contributed by atoms with E-state index >= 15 is 0 Å². The average Bonchev–Trinajstić information content (AvgIpc) is 2.37. The van der Waals surface area contributed by atoms with Gasteiger partial charge in [0.15, 0.2) is 0 Å². The molecule has 1 aromatic rings. The van der Waals surface area contributed by atoms with Crippen molar-refractivity contribution in [3.05, 3.63) is 20.8 Å². The summed E-state index contributed by atoms with van der Waals surface area (Å²) in [7, 11) is 0. The molecule has 0 radical (unpaired) electrons. The summed E-state index contributed by atoms with van der Waals surface area (Å²) in [6.07, 6.45) is 1.10. The molecule has 1 nitrogen and oxygen atoms in total. The Morgan fingerprint density at radius 3 is 2.42 bits per heavy atom. The molecule has 0 aliphatic heterocycles. The summed E-state index contributed by atoms with van der Waals surface area (Å²) < 4.78 is 1.17. The Hall–Kier alpha value is 0.140. The molecule has 2 N–H and O–H groups in total. The van der Waals surface area contributed by atoms with Gasteiger partial charge in [-0.3, -0.25) is 0 Å². The molecule has 1 fully saturated rings. The fourth-order valence-electron chi connectivity index (χ4n) is 1.63. The largest absolute Gasteiger partial charge is 0.320 e. The SMILES string of the molecule is CC1(C)CC1(N)c1ccc(Br)s1. The summed E-state index contributed by atoms with van der Waals surface area (Å²) in [5.74, 6) is 0. The zero-order chi connectivity index (χ0) is 8.98. The maximum Gasteiger partial charge on any atom is 0.0702 e. The maximum atomic E-state index is 6.25. The lowest BCUT2D eigenvalue weighted by atomic mass is 10.0. The van der Waals surface area contributed by atoms with Gasteiger partial charge in [-0.25, -0.2) is 0 Å². The Labute approximate surface area is 85.1 Å². The van der Waals surface area contributed by atoms with Crippen LogP contribution in [0.1, 0.15) is 25.1 Å². The standard InChI is InChI=1S/C9H12BrNS/c1-8(2)5-9(8,11)6-3-4-7(10)12-6/h3-4H,5,11H2,1-2H3. The van der Waals surface area contributed by atoms with Gasteiger partial charge < -0.3 is 5.73 Å². The van der Waals surface area contributed by atoms with Gasteiger partial charge in [-0.2, -0.15) is 0 Å². The molecular formula is C9H12BrNS. The van der Waals surface area contributed by atoms with Crippen molar-refractivity contribution in [2.24, 2.45) is 11.1 Å². The fourth-order valence-corrected chi connectivity index (χ4v) is 3.30. The number of rotatable bonds is 1. The Kier molecular flexibility index (Phi) is 1.70. The molecule has 12 heavy (non-hydrogen) atoms. The first-order chi connectivity index (χ1) is 5.46. The highest BCUT2D eigenvalue weighted by atomic mass is 79.9. The second kappa shape index (κ2) is 2.34. The molecule has 66 valence electrons. The molecular weight excluding hydrogens is 234 g/mol. The predicted molar refractivity (Wildman–Crippen MR) is 56.3 cm³/mol. The second-order valence-corrected chi connectivity index (χ2v) is 6.60. The van der Waals surface area contributed by atoms with E-state index in [1.807, 2.05) is 0 Å². The van der Waals surface area contributed by atoms with Gasteiger partial charge in [-0.05, 0) is 39.9 Å². The van der Waals surface area contributed by atoms with E-state index in [1.165, 1.54) is 8.66 Å². The van der Waals surface area contributed by atoms with Crippen LogP contribution in [0, 0.1) is 5.41 Å². The molecule has 0 spiro atoms. The van der Waals surface area contributed by atoms with Gasteiger partial charge in [0.2, 0.25) is 0 Å². The minimum absolute atomic E-state index is 0.0519. The minimum Gasteiger partial charge on any atom is -0.320 e. The normalized spacial score (nSPS) is 32.0. The van der Waals surface area contributed by atoms with Crippen molar-refractivity contribution >= 4 is 27.3 Å². The fraction of sp³-hybridized carbons (Fsp3) is 0.556. The zero-order valence-electron chi connectivity index (χ0n) is 7.23. The lowest BCUT2D eigenvalue weighted by Crippen LogP contribution is -2.23. The highest BCUT2D eigenvalue weighted by Gasteiger charge is 2.60. The van der Waals surface area contributed by atoms with Crippen LogP contribution in [0.15, 0.2) is 15.9 Å². The van der Waals surface area contributed by atoms with E-state index in [1.54, 1.807) is 11.3 Å². The highest BCUT2D eigenvalue weighted by Crippen LogP contribution is 2.61. The summed E-state index contributed by atoms with van der Waals surface area (Å²) >= 11 is 5.20. The van der Waals surface area contributed by atoms with Crippen LogP contribution in [0.3, 0.4) is 0 Å². The molecule has 1 unspecified atom stereocenters. The van der Waals surface area contributed by atoms with E-state index in [9.17, 15) is 0 Å². The van der Waals surface area contributed by atoms with Crippen molar-refractivity contribution in [2.45, 2.75) is 25.8 Å². The molecule has 1 saturated carbocycles. The lowest BCUT2D eigenvalue weighted by molar-refractivity contribution is 0.516. The van der Waals surface area contributed by atoms with Crippen molar-refractivity contribution < 1.29 is 0 Å². The van der Waals surface area contributed by atoms with E-state index in [-0.39, 0.29) is 11.0 Å². The lowest BCUT2D eigenvalue weighted by Gasteiger charge is -2.11. The van der Waals surface area contributed by atoms with E-state index in [2.05, 4.69) is 41.9 Å². The summed E-state index contributed by atoms with van der Waals surface area (Å²) in [5.41, 5.74) is 6.49. The van der Waals surface area contributed by atoms with Crippen LogP contribution in [-0.2, 0) is 5.54 Å². The Morgan fingerprint density at radius 1 is 1.50 bits per heavy atom. The molecule has 1 aromatic heterocycles. The van der Waals surface area contributed by atoms with Crippen molar-refractivity contribution in [3.63, 3.8) is 0 Å². The third kappa shape index (κ3) is 1.07. The molecule has 0 saturated heterocycles.